The van der Waals surface area contributed by atoms with Gasteiger partial charge in [0.15, 0.2) is 5.96 Å². The summed E-state index contributed by atoms with van der Waals surface area (Å²) in [6, 6.07) is 0.908. The summed E-state index contributed by atoms with van der Waals surface area (Å²) in [5, 5.41) is 24.7. The van der Waals surface area contributed by atoms with E-state index in [1.54, 1.807) is 6.92 Å². The second kappa shape index (κ2) is 13.6. The monoisotopic (exact) mass is 456 g/mol. The summed E-state index contributed by atoms with van der Waals surface area (Å²) in [6.45, 7) is 3.93. The molecule has 2 aliphatic rings. The average molecular weight is 457 g/mol. The molecule has 0 unspecified atom stereocenters. The molecular formula is C18H31F3N4O4S. The number of amides is 1. The van der Waals surface area contributed by atoms with Crippen LogP contribution in [0.5, 0.6) is 0 Å². The SMILES string of the molecule is CC(=O)NCCCCOCCCCC[C@@H]1SC[C@@H]2NC(=N)N[C@@H]21.O=C(O)C(F)(F)F. The Morgan fingerprint density at radius 2 is 1.83 bits per heavy atom. The summed E-state index contributed by atoms with van der Waals surface area (Å²) in [5.74, 6) is -1.10. The van der Waals surface area contributed by atoms with Gasteiger partial charge in [-0.15, -0.1) is 0 Å². The molecule has 0 aromatic heterocycles. The molecule has 0 aromatic rings. The Balaban J connectivity index is 0.000000553. The zero-order valence-electron chi connectivity index (χ0n) is 17.0. The third-order valence-corrected chi connectivity index (χ3v) is 6.08. The van der Waals surface area contributed by atoms with E-state index in [1.165, 1.54) is 19.3 Å². The van der Waals surface area contributed by atoms with Crippen molar-refractivity contribution in [2.45, 2.75) is 69.0 Å². The fourth-order valence-corrected chi connectivity index (χ4v) is 4.64. The highest BCUT2D eigenvalue weighted by Gasteiger charge is 2.41. The molecule has 2 saturated heterocycles. The Morgan fingerprint density at radius 3 is 2.43 bits per heavy atom. The van der Waals surface area contributed by atoms with Crippen LogP contribution in [-0.4, -0.2) is 72.0 Å². The van der Waals surface area contributed by atoms with Crippen LogP contribution in [0.4, 0.5) is 13.2 Å². The Hall–Kier alpha value is -1.69. The van der Waals surface area contributed by atoms with E-state index in [2.05, 4.69) is 16.0 Å². The van der Waals surface area contributed by atoms with E-state index in [-0.39, 0.29) is 5.91 Å². The second-order valence-corrected chi connectivity index (χ2v) is 8.39. The number of unbranched alkanes of at least 4 members (excludes halogenated alkanes) is 3. The van der Waals surface area contributed by atoms with E-state index in [9.17, 15) is 18.0 Å². The van der Waals surface area contributed by atoms with Gasteiger partial charge in [-0.05, 0) is 25.7 Å². The summed E-state index contributed by atoms with van der Waals surface area (Å²) < 4.78 is 37.4. The predicted octanol–water partition coefficient (Wildman–Crippen LogP) is 2.09. The molecule has 8 nitrogen and oxygen atoms in total. The molecular weight excluding hydrogens is 425 g/mol. The van der Waals surface area contributed by atoms with Crippen LogP contribution in [0.3, 0.4) is 0 Å². The molecule has 3 atom stereocenters. The topological polar surface area (TPSA) is 124 Å². The van der Waals surface area contributed by atoms with Crippen molar-refractivity contribution in [2.24, 2.45) is 0 Å². The first-order valence-corrected chi connectivity index (χ1v) is 11.0. The largest absolute Gasteiger partial charge is 0.490 e. The van der Waals surface area contributed by atoms with Gasteiger partial charge >= 0.3 is 12.1 Å². The van der Waals surface area contributed by atoms with Crippen LogP contribution >= 0.6 is 11.8 Å². The number of thioether (sulfide) groups is 1. The molecule has 0 aliphatic carbocycles. The van der Waals surface area contributed by atoms with Gasteiger partial charge in [-0.25, -0.2) is 4.79 Å². The van der Waals surface area contributed by atoms with Crippen LogP contribution in [0.2, 0.25) is 0 Å². The average Bonchev–Trinajstić information content (AvgIpc) is 3.18. The predicted molar refractivity (Wildman–Crippen MR) is 109 cm³/mol. The number of carbonyl (C=O) groups excluding carboxylic acids is 1. The van der Waals surface area contributed by atoms with Crippen molar-refractivity contribution in [3.63, 3.8) is 0 Å². The highest BCUT2D eigenvalue weighted by Crippen LogP contribution is 2.33. The lowest BCUT2D eigenvalue weighted by Crippen LogP contribution is -2.36. The van der Waals surface area contributed by atoms with E-state index in [1.807, 2.05) is 11.8 Å². The minimum absolute atomic E-state index is 0.0399. The number of halogens is 3. The van der Waals surface area contributed by atoms with Crippen LogP contribution in [0.25, 0.3) is 0 Å². The number of fused-ring (bicyclic) bond motifs is 1. The van der Waals surface area contributed by atoms with Crippen molar-refractivity contribution in [1.29, 1.82) is 5.41 Å². The molecule has 2 fully saturated rings. The molecule has 0 bridgehead atoms. The standard InChI is InChI=1S/C16H30N4O2S.C2HF3O2/c1-12(21)18-8-4-6-10-22-9-5-2-3-7-14-15-13(11-23-14)19-16(17)20-15;3-2(4,5)1(6)7/h13-15H,2-11H2,1H3,(H,18,21)(H3,17,19,20);(H,6,7)/t13-,14-,15-;/m0./s1. The number of aliphatic carboxylic acids is 1. The number of alkyl halides is 3. The molecule has 2 aliphatic heterocycles. The number of ether oxygens (including phenoxy) is 1. The molecule has 5 N–H and O–H groups in total. The van der Waals surface area contributed by atoms with Crippen molar-refractivity contribution in [2.75, 3.05) is 25.5 Å². The number of rotatable bonds is 11. The third-order valence-electron chi connectivity index (χ3n) is 4.57. The minimum Gasteiger partial charge on any atom is -0.475 e. The van der Waals surface area contributed by atoms with Crippen molar-refractivity contribution >= 4 is 29.6 Å². The van der Waals surface area contributed by atoms with Crippen LogP contribution in [0.1, 0.15) is 45.4 Å². The van der Waals surface area contributed by atoms with E-state index < -0.39 is 12.1 Å². The van der Waals surface area contributed by atoms with Crippen LogP contribution < -0.4 is 16.0 Å². The molecule has 0 radical (unpaired) electrons. The van der Waals surface area contributed by atoms with E-state index >= 15 is 0 Å². The smallest absolute Gasteiger partial charge is 0.475 e. The zero-order valence-corrected chi connectivity index (χ0v) is 17.8. The van der Waals surface area contributed by atoms with Gasteiger partial charge < -0.3 is 25.8 Å². The first-order valence-electron chi connectivity index (χ1n) is 9.96. The Morgan fingerprint density at radius 1 is 1.20 bits per heavy atom. The number of hydrogen-bond acceptors (Lipinski definition) is 5. The fourth-order valence-electron chi connectivity index (χ4n) is 3.10. The normalized spacial score (nSPS) is 22.4. The molecule has 0 saturated carbocycles. The van der Waals surface area contributed by atoms with Crippen molar-refractivity contribution in [3.8, 4) is 0 Å². The molecule has 174 valence electrons. The third kappa shape index (κ3) is 10.9. The maximum Gasteiger partial charge on any atom is 0.490 e. The van der Waals surface area contributed by atoms with Crippen molar-refractivity contribution in [1.82, 2.24) is 16.0 Å². The van der Waals surface area contributed by atoms with Gasteiger partial charge in [0.25, 0.3) is 0 Å². The number of guanidine groups is 1. The molecule has 2 rings (SSSR count). The second-order valence-electron chi connectivity index (χ2n) is 7.12. The van der Waals surface area contributed by atoms with Gasteiger partial charge in [0, 0.05) is 37.7 Å². The number of nitrogens with one attached hydrogen (secondary N) is 4. The Kier molecular flexibility index (Phi) is 11.9. The van der Waals surface area contributed by atoms with Crippen LogP contribution in [-0.2, 0) is 14.3 Å². The Labute approximate surface area is 178 Å². The summed E-state index contributed by atoms with van der Waals surface area (Å²) in [4.78, 5) is 19.6. The number of carboxylic acid groups (broad SMARTS) is 1. The molecule has 0 spiro atoms. The van der Waals surface area contributed by atoms with Crippen molar-refractivity contribution in [3.05, 3.63) is 0 Å². The minimum atomic E-state index is -5.08. The van der Waals surface area contributed by atoms with Gasteiger partial charge in [0.1, 0.15) is 0 Å². The number of carboxylic acids is 1. The maximum atomic E-state index is 10.7. The Bertz CT molecular complexity index is 566. The number of carbonyl (C=O) groups is 2. The zero-order chi connectivity index (χ0) is 22.6. The van der Waals surface area contributed by atoms with Crippen LogP contribution in [0.15, 0.2) is 0 Å². The van der Waals surface area contributed by atoms with Gasteiger partial charge in [0.2, 0.25) is 5.91 Å². The lowest BCUT2D eigenvalue weighted by atomic mass is 10.0. The summed E-state index contributed by atoms with van der Waals surface area (Å²) >= 11 is 2.04. The first-order chi connectivity index (χ1) is 14.1. The lowest BCUT2D eigenvalue weighted by molar-refractivity contribution is -0.192. The molecule has 30 heavy (non-hydrogen) atoms. The molecule has 2 heterocycles. The molecule has 12 heteroatoms. The van der Waals surface area contributed by atoms with E-state index in [0.29, 0.717) is 23.3 Å². The summed E-state index contributed by atoms with van der Waals surface area (Å²) in [7, 11) is 0. The lowest BCUT2D eigenvalue weighted by Gasteiger charge is -2.16. The van der Waals surface area contributed by atoms with E-state index in [0.717, 1.165) is 44.8 Å². The van der Waals surface area contributed by atoms with E-state index in [4.69, 9.17) is 20.0 Å². The van der Waals surface area contributed by atoms with Gasteiger partial charge in [-0.2, -0.15) is 24.9 Å². The quantitative estimate of drug-likeness (QED) is 0.302. The van der Waals surface area contributed by atoms with Gasteiger partial charge in [-0.1, -0.05) is 12.8 Å². The van der Waals surface area contributed by atoms with Crippen LogP contribution in [0, 0.1) is 5.41 Å². The van der Waals surface area contributed by atoms with Gasteiger partial charge in [-0.3, -0.25) is 10.2 Å². The number of hydrogen-bond donors (Lipinski definition) is 5. The maximum absolute atomic E-state index is 10.7. The van der Waals surface area contributed by atoms with Gasteiger partial charge in [0.05, 0.1) is 12.1 Å². The first kappa shape index (κ1) is 26.3. The molecule has 0 aromatic carbocycles. The molecule has 1 amide bonds. The fraction of sp³-hybridized carbons (Fsp3) is 0.833. The summed E-state index contributed by atoms with van der Waals surface area (Å²) in [6.07, 6.45) is 1.71. The van der Waals surface area contributed by atoms with Crippen molar-refractivity contribution < 1.29 is 32.6 Å². The highest BCUT2D eigenvalue weighted by molar-refractivity contribution is 8.00. The summed E-state index contributed by atoms with van der Waals surface area (Å²) in [5.41, 5.74) is 0. The highest BCUT2D eigenvalue weighted by atomic mass is 32.2.